The van der Waals surface area contributed by atoms with Crippen molar-refractivity contribution in [3.8, 4) is 34.5 Å². The normalized spacial score (nSPS) is 12.4. The summed E-state index contributed by atoms with van der Waals surface area (Å²) in [5, 5.41) is 72.7. The molecule has 0 saturated carbocycles. The van der Waals surface area contributed by atoms with Gasteiger partial charge in [0.2, 0.25) is 0 Å². The van der Waals surface area contributed by atoms with Crippen molar-refractivity contribution in [3.63, 3.8) is 0 Å². The Labute approximate surface area is 389 Å². The van der Waals surface area contributed by atoms with Crippen LogP contribution >= 0.6 is 0 Å². The molecule has 6 aromatic carbocycles. The molecule has 66 heavy (non-hydrogen) atoms. The van der Waals surface area contributed by atoms with E-state index in [9.17, 15) is 30.6 Å². The van der Waals surface area contributed by atoms with Crippen LogP contribution in [0, 0.1) is 0 Å². The molecule has 0 aromatic heterocycles. The molecule has 0 spiro atoms. The van der Waals surface area contributed by atoms with Crippen LogP contribution in [0.4, 0.5) is 0 Å². The third-order valence-electron chi connectivity index (χ3n) is 12.5. The molecule has 6 nitrogen and oxygen atoms in total. The number of hydrogen-bond acceptors (Lipinski definition) is 6. The van der Waals surface area contributed by atoms with Crippen molar-refractivity contribution in [2.75, 3.05) is 0 Å². The maximum Gasteiger partial charge on any atom is 0.122 e. The van der Waals surface area contributed by atoms with Crippen LogP contribution < -0.4 is 0 Å². The smallest absolute Gasteiger partial charge is 0.122 e. The van der Waals surface area contributed by atoms with Gasteiger partial charge < -0.3 is 30.6 Å². The van der Waals surface area contributed by atoms with Gasteiger partial charge >= 0.3 is 0 Å². The molecule has 336 valence electrons. The fourth-order valence-electron chi connectivity index (χ4n) is 9.55. The Morgan fingerprint density at radius 1 is 0.242 bits per heavy atom. The van der Waals surface area contributed by atoms with Gasteiger partial charge in [-0.3, -0.25) is 0 Å². The average molecular weight is 877 g/mol. The van der Waals surface area contributed by atoms with Gasteiger partial charge in [0.05, 0.1) is 0 Å². The lowest BCUT2D eigenvalue weighted by Crippen LogP contribution is -2.04. The average Bonchev–Trinajstić information content (AvgIpc) is 3.27. The lowest BCUT2D eigenvalue weighted by molar-refractivity contribution is 0.451. The lowest BCUT2D eigenvalue weighted by Gasteiger charge is -2.20. The first-order valence-electron chi connectivity index (χ1n) is 22.5. The first kappa shape index (κ1) is 46.5. The molecule has 6 N–H and O–H groups in total. The van der Waals surface area contributed by atoms with E-state index in [1.54, 1.807) is 36.5 Å². The van der Waals surface area contributed by atoms with Crippen molar-refractivity contribution in [3.05, 3.63) is 249 Å². The number of hydrogen-bond donors (Lipinski definition) is 6. The molecule has 1 aliphatic rings. The fraction of sp³-hybridized carbons (Fsp3) is 0.200. The third-order valence-corrected chi connectivity index (χ3v) is 12.5. The van der Waals surface area contributed by atoms with Crippen molar-refractivity contribution in [1.29, 1.82) is 0 Å². The fourth-order valence-corrected chi connectivity index (χ4v) is 9.55. The minimum Gasteiger partial charge on any atom is -0.507 e. The van der Waals surface area contributed by atoms with Crippen LogP contribution in [0.1, 0.15) is 100 Å². The first-order valence-corrected chi connectivity index (χ1v) is 22.5. The van der Waals surface area contributed by atoms with E-state index in [2.05, 4.69) is 39.5 Å². The summed E-state index contributed by atoms with van der Waals surface area (Å²) in [5.41, 5.74) is 12.7. The second kappa shape index (κ2) is 20.6. The number of fused-ring (bicyclic) bond motifs is 12. The van der Waals surface area contributed by atoms with Gasteiger partial charge in [0.25, 0.3) is 0 Å². The second-order valence-corrected chi connectivity index (χ2v) is 17.6. The Balaban J connectivity index is 1.50. The maximum absolute atomic E-state index is 12.1. The molecular weight excluding hydrogens is 817 g/mol. The molecule has 0 unspecified atom stereocenters. The molecule has 0 amide bonds. The largest absolute Gasteiger partial charge is 0.507 e. The molecule has 6 aromatic rings. The third kappa shape index (κ3) is 10.2. The van der Waals surface area contributed by atoms with Crippen LogP contribution in [-0.2, 0) is 77.0 Å². The van der Waals surface area contributed by atoms with E-state index >= 15 is 0 Å². The standard InChI is InChI=1S/C60H60O6/c1-7-13-37-19-43-31-45-21-38(14-8-2)23-47(56(45)62)33-49-25-40(16-10-4)27-51(58(49)64)35-53-29-42(18-12-6)30-54(60(53)66)36-52-28-41(17-11-5)26-50(59(52)65)34-48-24-39(15-9-3)22-46(57(48)63)32-44(20-37)55(43)61/h7-12,19-30,61-66H,1-6,13-18,31-36H2. The highest BCUT2D eigenvalue weighted by Gasteiger charge is 2.23. The van der Waals surface area contributed by atoms with Crippen LogP contribution in [0.5, 0.6) is 34.5 Å². The minimum absolute atomic E-state index is 0.0592. The molecule has 0 fully saturated rings. The molecular formula is C60H60O6. The van der Waals surface area contributed by atoms with Crippen LogP contribution in [-0.4, -0.2) is 30.6 Å². The number of phenols is 6. The van der Waals surface area contributed by atoms with E-state index in [0.29, 0.717) is 105 Å². The van der Waals surface area contributed by atoms with Crippen molar-refractivity contribution in [1.82, 2.24) is 0 Å². The zero-order chi connectivity index (χ0) is 47.1. The Hall–Kier alpha value is -7.44. The molecule has 7 rings (SSSR count). The Morgan fingerprint density at radius 2 is 0.348 bits per heavy atom. The number of rotatable bonds is 12. The van der Waals surface area contributed by atoms with Crippen molar-refractivity contribution in [2.24, 2.45) is 0 Å². The summed E-state index contributed by atoms with van der Waals surface area (Å²) in [6.45, 7) is 23.9. The van der Waals surface area contributed by atoms with Gasteiger partial charge in [0.15, 0.2) is 0 Å². The highest BCUT2D eigenvalue weighted by Crippen LogP contribution is 2.41. The molecule has 12 bridgehead atoms. The lowest BCUT2D eigenvalue weighted by atomic mass is 9.87. The number of phenolic OH excluding ortho intramolecular Hbond substituents is 6. The topological polar surface area (TPSA) is 121 Å². The number of benzene rings is 6. The summed E-state index contributed by atoms with van der Waals surface area (Å²) in [5.74, 6) is 0.355. The van der Waals surface area contributed by atoms with Gasteiger partial charge in [-0.05, 0) is 139 Å². The van der Waals surface area contributed by atoms with Gasteiger partial charge in [0, 0.05) is 38.5 Å². The molecule has 0 saturated heterocycles. The predicted molar refractivity (Wildman–Crippen MR) is 269 cm³/mol. The Kier molecular flexibility index (Phi) is 14.5. The van der Waals surface area contributed by atoms with E-state index < -0.39 is 0 Å². The SMILES string of the molecule is C=CCc1cc2c(O)c(c1)Cc1cc(CC=C)cc(c1O)Cc1cc(CC=C)cc(c1O)Cc1cc(CC=C)cc(c1O)Cc1cc(CC=C)cc(c1O)Cc1cc(CC=C)cc(c1O)C2. The van der Waals surface area contributed by atoms with Crippen molar-refractivity contribution in [2.45, 2.75) is 77.0 Å². The summed E-state index contributed by atoms with van der Waals surface area (Å²) < 4.78 is 0. The Bertz CT molecular complexity index is 2250. The second-order valence-electron chi connectivity index (χ2n) is 17.6. The van der Waals surface area contributed by atoms with E-state index in [-0.39, 0.29) is 73.0 Å². The summed E-state index contributed by atoms with van der Waals surface area (Å²) in [6.07, 6.45) is 15.2. The van der Waals surface area contributed by atoms with Crippen LogP contribution in [0.3, 0.4) is 0 Å². The number of allylic oxidation sites excluding steroid dienone is 6. The van der Waals surface area contributed by atoms with Crippen LogP contribution in [0.2, 0.25) is 0 Å². The van der Waals surface area contributed by atoms with Gasteiger partial charge in [-0.25, -0.2) is 0 Å². The zero-order valence-electron chi connectivity index (χ0n) is 37.8. The predicted octanol–water partition coefficient (Wildman–Crippen LogP) is 12.1. The summed E-state index contributed by atoms with van der Waals surface area (Å²) in [4.78, 5) is 0. The number of aromatic hydroxyl groups is 6. The highest BCUT2D eigenvalue weighted by atomic mass is 16.3. The quantitative estimate of drug-likeness (QED) is 0.0680. The van der Waals surface area contributed by atoms with Crippen LogP contribution in [0.25, 0.3) is 0 Å². The molecule has 0 atom stereocenters. The van der Waals surface area contributed by atoms with Crippen molar-refractivity contribution >= 4 is 0 Å². The van der Waals surface area contributed by atoms with Gasteiger partial charge in [0.1, 0.15) is 34.5 Å². The van der Waals surface area contributed by atoms with Crippen LogP contribution in [0.15, 0.2) is 149 Å². The minimum atomic E-state index is 0.0592. The molecule has 0 radical (unpaired) electrons. The van der Waals surface area contributed by atoms with E-state index in [1.807, 2.05) is 72.8 Å². The summed E-state index contributed by atoms with van der Waals surface area (Å²) in [7, 11) is 0. The first-order chi connectivity index (χ1) is 31.9. The molecule has 0 heterocycles. The Morgan fingerprint density at radius 3 is 0.439 bits per heavy atom. The molecule has 0 aliphatic heterocycles. The monoisotopic (exact) mass is 876 g/mol. The zero-order valence-corrected chi connectivity index (χ0v) is 37.8. The molecule has 6 heteroatoms. The van der Waals surface area contributed by atoms with Gasteiger partial charge in [-0.15, -0.1) is 39.5 Å². The van der Waals surface area contributed by atoms with E-state index in [1.165, 1.54) is 0 Å². The van der Waals surface area contributed by atoms with Gasteiger partial charge in [-0.1, -0.05) is 109 Å². The van der Waals surface area contributed by atoms with Gasteiger partial charge in [-0.2, -0.15) is 0 Å². The maximum atomic E-state index is 12.1. The summed E-state index contributed by atoms with van der Waals surface area (Å²) in [6, 6.07) is 23.2. The van der Waals surface area contributed by atoms with E-state index in [0.717, 1.165) is 33.4 Å². The van der Waals surface area contributed by atoms with Crippen molar-refractivity contribution < 1.29 is 30.6 Å². The molecule has 1 aliphatic carbocycles. The highest BCUT2D eigenvalue weighted by molar-refractivity contribution is 5.59. The summed E-state index contributed by atoms with van der Waals surface area (Å²) >= 11 is 0. The van der Waals surface area contributed by atoms with E-state index in [4.69, 9.17) is 0 Å².